The van der Waals surface area contributed by atoms with Crippen LogP contribution in [0.5, 0.6) is 11.5 Å². The molecule has 5 rings (SSSR count). The third-order valence-electron chi connectivity index (χ3n) is 5.18. The van der Waals surface area contributed by atoms with Gasteiger partial charge in [-0.05, 0) is 77.7 Å². The van der Waals surface area contributed by atoms with E-state index in [1.807, 2.05) is 48.5 Å². The zero-order chi connectivity index (χ0) is 22.6. The molecule has 7 heteroatoms. The fraction of sp³-hybridized carbons (Fsp3) is 0.0769. The van der Waals surface area contributed by atoms with E-state index in [2.05, 4.69) is 26.3 Å². The quantitative estimate of drug-likeness (QED) is 0.265. The highest BCUT2D eigenvalue weighted by molar-refractivity contribution is 6.30. The average molecular weight is 459 g/mol. The number of anilines is 1. The minimum atomic E-state index is -0.470. The van der Waals surface area contributed by atoms with Crippen LogP contribution in [-0.2, 0) is 13.0 Å². The zero-order valence-corrected chi connectivity index (χ0v) is 18.3. The molecule has 0 saturated heterocycles. The van der Waals surface area contributed by atoms with Crippen molar-refractivity contribution >= 4 is 28.6 Å². The number of hydrogen-bond acceptors (Lipinski definition) is 4. The topological polar surface area (TPSA) is 62.8 Å². The van der Waals surface area contributed by atoms with Crippen LogP contribution in [0.1, 0.15) is 16.7 Å². The summed E-state index contributed by atoms with van der Waals surface area (Å²) in [5.41, 5.74) is 4.98. The molecule has 0 radical (unpaired) electrons. The van der Waals surface area contributed by atoms with Crippen LogP contribution in [0, 0.1) is 5.95 Å². The number of imidazole rings is 1. The molecule has 0 atom stereocenters. The van der Waals surface area contributed by atoms with Crippen molar-refractivity contribution < 1.29 is 9.13 Å². The summed E-state index contributed by atoms with van der Waals surface area (Å²) < 4.78 is 18.8. The number of fused-ring (bicyclic) bond motifs is 1. The lowest BCUT2D eigenvalue weighted by Gasteiger charge is -2.07. The Morgan fingerprint density at radius 1 is 0.848 bits per heavy atom. The molecule has 0 unspecified atom stereocenters. The number of nitrogens with one attached hydrogen (secondary N) is 2. The summed E-state index contributed by atoms with van der Waals surface area (Å²) in [5, 5.41) is 4.00. The van der Waals surface area contributed by atoms with Gasteiger partial charge < -0.3 is 15.0 Å². The molecule has 2 N–H and O–H groups in total. The number of aromatic nitrogens is 3. The van der Waals surface area contributed by atoms with Gasteiger partial charge in [-0.25, -0.2) is 9.97 Å². The van der Waals surface area contributed by atoms with Crippen molar-refractivity contribution in [3.63, 3.8) is 0 Å². The molecular weight excluding hydrogens is 439 g/mol. The van der Waals surface area contributed by atoms with E-state index in [1.54, 1.807) is 24.4 Å². The van der Waals surface area contributed by atoms with E-state index in [0.29, 0.717) is 23.9 Å². The third-order valence-corrected chi connectivity index (χ3v) is 5.43. The van der Waals surface area contributed by atoms with Crippen molar-refractivity contribution in [3.05, 3.63) is 113 Å². The lowest BCUT2D eigenvalue weighted by Crippen LogP contribution is -2.00. The van der Waals surface area contributed by atoms with E-state index < -0.39 is 5.95 Å². The van der Waals surface area contributed by atoms with Crippen molar-refractivity contribution in [2.75, 3.05) is 5.32 Å². The van der Waals surface area contributed by atoms with Crippen molar-refractivity contribution in [3.8, 4) is 11.5 Å². The second-order valence-electron chi connectivity index (χ2n) is 7.66. The minimum Gasteiger partial charge on any atom is -0.457 e. The molecule has 0 aliphatic rings. The summed E-state index contributed by atoms with van der Waals surface area (Å²) in [5.74, 6) is 1.73. The van der Waals surface area contributed by atoms with E-state index in [0.717, 1.165) is 39.2 Å². The molecule has 5 nitrogen and oxygen atoms in total. The fourth-order valence-electron chi connectivity index (χ4n) is 3.50. The van der Waals surface area contributed by atoms with Gasteiger partial charge in [-0.1, -0.05) is 35.9 Å². The van der Waals surface area contributed by atoms with Gasteiger partial charge in [0.15, 0.2) is 0 Å². The molecule has 2 aromatic heterocycles. The van der Waals surface area contributed by atoms with Crippen molar-refractivity contribution in [1.29, 1.82) is 0 Å². The second-order valence-corrected chi connectivity index (χ2v) is 8.09. The predicted octanol–water partition coefficient (Wildman–Crippen LogP) is 6.75. The fourth-order valence-corrected chi connectivity index (χ4v) is 3.62. The summed E-state index contributed by atoms with van der Waals surface area (Å²) in [4.78, 5) is 11.6. The van der Waals surface area contributed by atoms with Crippen molar-refractivity contribution in [2.24, 2.45) is 0 Å². The van der Waals surface area contributed by atoms with Gasteiger partial charge in [0, 0.05) is 17.8 Å². The molecule has 0 saturated carbocycles. The zero-order valence-electron chi connectivity index (χ0n) is 17.6. The van der Waals surface area contributed by atoms with Crippen LogP contribution in [0.4, 0.5) is 10.3 Å². The molecule has 33 heavy (non-hydrogen) atoms. The summed E-state index contributed by atoms with van der Waals surface area (Å²) in [6.07, 6.45) is 2.24. The number of nitrogens with zero attached hydrogens (tertiary/aromatic N) is 2. The Morgan fingerprint density at radius 3 is 2.27 bits per heavy atom. The first-order chi connectivity index (χ1) is 16.1. The monoisotopic (exact) mass is 458 g/mol. The first-order valence-electron chi connectivity index (χ1n) is 10.5. The number of aromatic amines is 1. The van der Waals surface area contributed by atoms with Crippen molar-refractivity contribution in [2.45, 2.75) is 13.0 Å². The maximum Gasteiger partial charge on any atom is 0.212 e. The number of pyridine rings is 1. The number of H-pyrrole nitrogens is 1. The van der Waals surface area contributed by atoms with Crippen LogP contribution in [-0.4, -0.2) is 15.0 Å². The maximum absolute atomic E-state index is 13.0. The molecule has 0 spiro atoms. The maximum atomic E-state index is 13.0. The Balaban J connectivity index is 1.21. The van der Waals surface area contributed by atoms with Crippen LogP contribution >= 0.6 is 11.6 Å². The molecule has 5 aromatic rings. The van der Waals surface area contributed by atoms with Gasteiger partial charge in [0.1, 0.15) is 11.5 Å². The summed E-state index contributed by atoms with van der Waals surface area (Å²) in [6.45, 7) is 0.620. The van der Waals surface area contributed by atoms with E-state index in [-0.39, 0.29) is 0 Å². The van der Waals surface area contributed by atoms with E-state index in [4.69, 9.17) is 16.3 Å². The highest BCUT2D eigenvalue weighted by Crippen LogP contribution is 2.24. The normalized spacial score (nSPS) is 11.0. The van der Waals surface area contributed by atoms with E-state index in [9.17, 15) is 4.39 Å². The molecule has 3 aromatic carbocycles. The summed E-state index contributed by atoms with van der Waals surface area (Å²) in [7, 11) is 0. The van der Waals surface area contributed by atoms with E-state index >= 15 is 0 Å². The Labute approximate surface area is 195 Å². The Bertz CT molecular complexity index is 1370. The van der Waals surface area contributed by atoms with Gasteiger partial charge in [-0.2, -0.15) is 4.39 Å². The van der Waals surface area contributed by atoms with Gasteiger partial charge in [0.2, 0.25) is 11.9 Å². The van der Waals surface area contributed by atoms with Gasteiger partial charge in [0.25, 0.3) is 0 Å². The van der Waals surface area contributed by atoms with Crippen molar-refractivity contribution in [1.82, 2.24) is 15.0 Å². The number of hydrogen-bond donors (Lipinski definition) is 2. The minimum absolute atomic E-state index is 0.470. The largest absolute Gasteiger partial charge is 0.457 e. The number of halogens is 2. The Morgan fingerprint density at radius 2 is 1.55 bits per heavy atom. The molecule has 0 aliphatic carbocycles. The number of benzene rings is 3. The average Bonchev–Trinajstić information content (AvgIpc) is 3.24. The summed E-state index contributed by atoms with van der Waals surface area (Å²) >= 11 is 5.91. The Hall–Kier alpha value is -3.90. The van der Waals surface area contributed by atoms with Crippen LogP contribution < -0.4 is 10.1 Å². The molecule has 0 fully saturated rings. The SMILES string of the molecule is Fc1ccc(Cc2ccc3nc(NCc4ccc(Oc5ccc(Cl)cc5)cc4)[nH]c3c2)cn1. The highest BCUT2D eigenvalue weighted by atomic mass is 35.5. The smallest absolute Gasteiger partial charge is 0.212 e. The standard InChI is InChI=1S/C26H20ClFN4O/c27-20-5-9-22(10-6-20)33-21-7-1-17(2-8-21)15-30-26-31-23-11-3-18(14-24(23)32-26)13-19-4-12-25(28)29-16-19/h1-12,14,16H,13,15H2,(H2,30,31,32). The molecule has 0 amide bonds. The van der Waals surface area contributed by atoms with Crippen LogP contribution in [0.2, 0.25) is 5.02 Å². The molecule has 0 bridgehead atoms. The summed E-state index contributed by atoms with van der Waals surface area (Å²) in [6, 6.07) is 24.3. The van der Waals surface area contributed by atoms with Gasteiger partial charge in [-0.3, -0.25) is 0 Å². The Kier molecular flexibility index (Phi) is 5.91. The second kappa shape index (κ2) is 9.30. The lowest BCUT2D eigenvalue weighted by molar-refractivity contribution is 0.482. The number of ether oxygens (including phenoxy) is 1. The van der Waals surface area contributed by atoms with Crippen LogP contribution in [0.15, 0.2) is 85.1 Å². The third kappa shape index (κ3) is 5.30. The van der Waals surface area contributed by atoms with E-state index in [1.165, 1.54) is 6.07 Å². The molecular formula is C26H20ClFN4O. The highest BCUT2D eigenvalue weighted by Gasteiger charge is 2.06. The van der Waals surface area contributed by atoms with Gasteiger partial charge in [0.05, 0.1) is 11.0 Å². The van der Waals surface area contributed by atoms with Gasteiger partial charge in [-0.15, -0.1) is 0 Å². The first-order valence-corrected chi connectivity index (χ1v) is 10.8. The molecule has 2 heterocycles. The van der Waals surface area contributed by atoms with Crippen LogP contribution in [0.3, 0.4) is 0 Å². The van der Waals surface area contributed by atoms with Crippen LogP contribution in [0.25, 0.3) is 11.0 Å². The lowest BCUT2D eigenvalue weighted by atomic mass is 10.1. The predicted molar refractivity (Wildman–Crippen MR) is 128 cm³/mol. The molecule has 164 valence electrons. The number of rotatable bonds is 7. The van der Waals surface area contributed by atoms with Gasteiger partial charge >= 0.3 is 0 Å². The molecule has 0 aliphatic heterocycles. The first kappa shape index (κ1) is 21.0.